The quantitative estimate of drug-likeness (QED) is 0.729. The molecule has 2 rings (SSSR count). The van der Waals surface area contributed by atoms with E-state index in [1.807, 2.05) is 0 Å². The third-order valence-corrected chi connectivity index (χ3v) is 4.16. The summed E-state index contributed by atoms with van der Waals surface area (Å²) in [6, 6.07) is 0. The zero-order valence-corrected chi connectivity index (χ0v) is 11.5. The molecule has 0 N–H and O–H groups in total. The van der Waals surface area contributed by atoms with E-state index in [1.165, 1.54) is 12.8 Å². The summed E-state index contributed by atoms with van der Waals surface area (Å²) in [6.45, 7) is 0. The molecule has 0 aromatic rings. The zero-order valence-electron chi connectivity index (χ0n) is 7.36. The molecule has 0 atom stereocenters. The first-order valence-corrected chi connectivity index (χ1v) is 5.72. The third kappa shape index (κ3) is 2.64. The van der Waals surface area contributed by atoms with Gasteiger partial charge in [0.15, 0.2) is 0 Å². The molecule has 0 amide bonds. The Bertz CT molecular complexity index is 267. The van der Waals surface area contributed by atoms with Crippen molar-refractivity contribution in [1.29, 1.82) is 0 Å². The normalized spacial score (nSPS) is 18.8. The van der Waals surface area contributed by atoms with Crippen LogP contribution in [0.15, 0.2) is 47.6 Å². The molecule has 0 heterocycles. The molecule has 13 heavy (non-hydrogen) atoms. The summed E-state index contributed by atoms with van der Waals surface area (Å²) < 4.78 is 0.738. The molecule has 0 unspecified atom stereocenters. The summed E-state index contributed by atoms with van der Waals surface area (Å²) >= 11 is 1.63. The van der Waals surface area contributed by atoms with Crippen molar-refractivity contribution in [2.75, 3.05) is 0 Å². The molecule has 0 nitrogen and oxygen atoms in total. The van der Waals surface area contributed by atoms with Crippen LogP contribution in [0.5, 0.6) is 0 Å². The molecule has 0 aromatic heterocycles. The maximum atomic E-state index is 2.28. The Morgan fingerprint density at radius 2 is 1.46 bits per heavy atom. The standard InChI is InChI=1S/C11H11.BrH.Zr/c1-2-6-10(5-1)9-11-7-3-4-8-11;;/h1-5,7,9H,6,8H2;1H;. The van der Waals surface area contributed by atoms with Crippen LogP contribution in [-0.2, 0) is 24.7 Å². The Morgan fingerprint density at radius 3 is 1.77 bits per heavy atom. The van der Waals surface area contributed by atoms with Gasteiger partial charge in [0.2, 0.25) is 0 Å². The minimum atomic E-state index is 0. The molecule has 0 bridgehead atoms. The van der Waals surface area contributed by atoms with E-state index in [0.29, 0.717) is 0 Å². The van der Waals surface area contributed by atoms with Crippen LogP contribution in [0.1, 0.15) is 12.8 Å². The first-order chi connectivity index (χ1) is 5.88. The molecule has 2 heteroatoms. The minimum absolute atomic E-state index is 0. The summed E-state index contributed by atoms with van der Waals surface area (Å²) in [5, 5.41) is 0. The molecule has 0 fully saturated rings. The van der Waals surface area contributed by atoms with E-state index in [4.69, 9.17) is 0 Å². The Hall–Kier alpha value is 0.323. The van der Waals surface area contributed by atoms with Crippen LogP contribution in [0.3, 0.4) is 0 Å². The average molecular weight is 315 g/mol. The van der Waals surface area contributed by atoms with Gasteiger partial charge in [0.25, 0.3) is 0 Å². The van der Waals surface area contributed by atoms with Crippen LogP contribution in [0.4, 0.5) is 0 Å². The van der Waals surface area contributed by atoms with Crippen LogP contribution in [0, 0.1) is 0 Å². The summed E-state index contributed by atoms with van der Waals surface area (Å²) in [7, 11) is 0. The average Bonchev–Trinajstić information content (AvgIpc) is 2.77. The third-order valence-electron chi connectivity index (χ3n) is 2.34. The van der Waals surface area contributed by atoms with E-state index < -0.39 is 0 Å². The predicted molar refractivity (Wildman–Crippen MR) is 57.8 cm³/mol. The van der Waals surface area contributed by atoms with Gasteiger partial charge in [-0.25, -0.2) is 0 Å². The second-order valence-electron chi connectivity index (χ2n) is 3.18. The second kappa shape index (κ2) is 5.27. The van der Waals surface area contributed by atoms with Gasteiger partial charge in [0.05, 0.1) is 0 Å². The number of hydrogen-bond donors (Lipinski definition) is 0. The molecule has 67 valence electrons. The van der Waals surface area contributed by atoms with Gasteiger partial charge in [0.1, 0.15) is 0 Å². The maximum absolute atomic E-state index is 2.28. The summed E-state index contributed by atoms with van der Waals surface area (Å²) in [5.41, 5.74) is 3.20. The van der Waals surface area contributed by atoms with Gasteiger partial charge < -0.3 is 0 Å². The second-order valence-corrected chi connectivity index (χ2v) is 4.60. The van der Waals surface area contributed by atoms with Crippen LogP contribution in [0.2, 0.25) is 3.63 Å². The van der Waals surface area contributed by atoms with Crippen LogP contribution >= 0.6 is 17.0 Å². The zero-order chi connectivity index (χ0) is 8.39. The molecular formula is C11H12BrZr. The van der Waals surface area contributed by atoms with Gasteiger partial charge in [0, 0.05) is 0 Å². The van der Waals surface area contributed by atoms with Gasteiger partial charge >= 0.3 is 88.8 Å². The van der Waals surface area contributed by atoms with Crippen molar-refractivity contribution in [3.05, 3.63) is 47.6 Å². The van der Waals surface area contributed by atoms with E-state index in [1.54, 1.807) is 35.9 Å². The topological polar surface area (TPSA) is 0 Å². The SMILES string of the molecule is Br.[Zr][CH](C1=CC=CC1)C1=CC=CC1. The monoisotopic (exact) mass is 313 g/mol. The molecule has 2 aliphatic rings. The van der Waals surface area contributed by atoms with E-state index >= 15 is 0 Å². The van der Waals surface area contributed by atoms with Crippen molar-refractivity contribution < 1.29 is 24.7 Å². The van der Waals surface area contributed by atoms with Gasteiger partial charge in [-0.3, -0.25) is 0 Å². The molecule has 0 saturated carbocycles. The van der Waals surface area contributed by atoms with Crippen molar-refractivity contribution >= 4 is 17.0 Å². The van der Waals surface area contributed by atoms with Gasteiger partial charge in [-0.2, -0.15) is 0 Å². The molecule has 0 spiro atoms. The van der Waals surface area contributed by atoms with Gasteiger partial charge in [-0.15, -0.1) is 17.0 Å². The fraction of sp³-hybridized carbons (Fsp3) is 0.273. The number of rotatable bonds is 2. The molecule has 0 saturated heterocycles. The Balaban J connectivity index is 0.000000845. The number of allylic oxidation sites excluding steroid dienone is 8. The fourth-order valence-electron chi connectivity index (χ4n) is 1.59. The molecule has 0 aliphatic heterocycles. The van der Waals surface area contributed by atoms with Crippen molar-refractivity contribution in [3.8, 4) is 0 Å². The van der Waals surface area contributed by atoms with E-state index in [-0.39, 0.29) is 17.0 Å². The number of halogens is 1. The molecule has 2 aliphatic carbocycles. The van der Waals surface area contributed by atoms with E-state index in [9.17, 15) is 0 Å². The Morgan fingerprint density at radius 1 is 1.00 bits per heavy atom. The van der Waals surface area contributed by atoms with Crippen molar-refractivity contribution in [2.24, 2.45) is 0 Å². The van der Waals surface area contributed by atoms with Crippen LogP contribution < -0.4 is 0 Å². The predicted octanol–water partition coefficient (Wildman–Crippen LogP) is 3.67. The first-order valence-electron chi connectivity index (χ1n) is 4.30. The van der Waals surface area contributed by atoms with Crippen LogP contribution in [0.25, 0.3) is 0 Å². The number of hydrogen-bond acceptors (Lipinski definition) is 0. The first kappa shape index (κ1) is 11.4. The molecule has 0 radical (unpaired) electrons. The summed E-state index contributed by atoms with van der Waals surface area (Å²) in [5.74, 6) is 0. The van der Waals surface area contributed by atoms with E-state index in [0.717, 1.165) is 3.63 Å². The van der Waals surface area contributed by atoms with Crippen molar-refractivity contribution in [1.82, 2.24) is 0 Å². The fourth-order valence-corrected chi connectivity index (χ4v) is 2.65. The molecule has 0 aromatic carbocycles. The van der Waals surface area contributed by atoms with E-state index in [2.05, 4.69) is 36.5 Å². The summed E-state index contributed by atoms with van der Waals surface area (Å²) in [4.78, 5) is 0. The summed E-state index contributed by atoms with van der Waals surface area (Å²) in [6.07, 6.45) is 15.7. The Labute approximate surface area is 105 Å². The Kier molecular flexibility index (Phi) is 4.62. The molecular weight excluding hydrogens is 303 g/mol. The van der Waals surface area contributed by atoms with Gasteiger partial charge in [-0.1, -0.05) is 0 Å². The van der Waals surface area contributed by atoms with Crippen molar-refractivity contribution in [3.63, 3.8) is 0 Å². The van der Waals surface area contributed by atoms with Crippen molar-refractivity contribution in [2.45, 2.75) is 16.5 Å². The van der Waals surface area contributed by atoms with Crippen LogP contribution in [-0.4, -0.2) is 0 Å². The van der Waals surface area contributed by atoms with Gasteiger partial charge in [-0.05, 0) is 0 Å².